The Balaban J connectivity index is 1.18. The molecular weight excluding hydrogens is 374 g/mol. The number of hydrogen-bond acceptors (Lipinski definition) is 3. The second kappa shape index (κ2) is 7.85. The average molecular weight is 399 g/mol. The molecule has 5 rings (SSSR count). The van der Waals surface area contributed by atoms with E-state index in [0.717, 1.165) is 54.8 Å². The van der Waals surface area contributed by atoms with Crippen molar-refractivity contribution in [2.75, 3.05) is 25.0 Å². The molecule has 2 aromatic carbocycles. The number of amides is 2. The van der Waals surface area contributed by atoms with Crippen molar-refractivity contribution in [3.63, 3.8) is 0 Å². The highest BCUT2D eigenvalue weighted by Gasteiger charge is 2.23. The number of aromatic amines is 1. The molecule has 1 fully saturated rings. The third-order valence-electron chi connectivity index (χ3n) is 6.35. The van der Waals surface area contributed by atoms with Crippen LogP contribution in [0.25, 0.3) is 10.9 Å². The fraction of sp³-hybridized carbons (Fsp3) is 0.333. The molecule has 3 aromatic rings. The van der Waals surface area contributed by atoms with E-state index in [1.165, 1.54) is 22.9 Å². The number of carbonyl (C=O) groups is 1. The van der Waals surface area contributed by atoms with E-state index in [0.29, 0.717) is 12.5 Å². The Kier molecular flexibility index (Phi) is 4.89. The number of nitrogens with one attached hydrogen (secondary N) is 3. The Hall–Kier alpha value is -3.30. The Bertz CT molecular complexity index is 1140. The number of benzene rings is 2. The molecule has 2 aliphatic heterocycles. The summed E-state index contributed by atoms with van der Waals surface area (Å²) in [7, 11) is 0. The topological polar surface area (TPSA) is 84.0 Å². The molecule has 3 N–H and O–H groups in total. The van der Waals surface area contributed by atoms with E-state index < -0.39 is 0 Å². The maximum absolute atomic E-state index is 11.4. The van der Waals surface area contributed by atoms with Gasteiger partial charge in [-0.2, -0.15) is 5.26 Å². The number of likely N-dealkylation sites (tertiary alicyclic amines) is 1. The lowest BCUT2D eigenvalue weighted by Gasteiger charge is -2.20. The first-order valence-electron chi connectivity index (χ1n) is 10.6. The number of urea groups is 1. The van der Waals surface area contributed by atoms with Gasteiger partial charge in [-0.1, -0.05) is 12.1 Å². The van der Waals surface area contributed by atoms with Crippen LogP contribution in [0.5, 0.6) is 0 Å². The molecule has 3 heterocycles. The van der Waals surface area contributed by atoms with Gasteiger partial charge in [0.15, 0.2) is 0 Å². The van der Waals surface area contributed by atoms with E-state index in [1.807, 2.05) is 24.3 Å². The first kappa shape index (κ1) is 18.7. The van der Waals surface area contributed by atoms with Gasteiger partial charge >= 0.3 is 6.03 Å². The fourth-order valence-corrected chi connectivity index (χ4v) is 4.71. The van der Waals surface area contributed by atoms with Gasteiger partial charge in [0.2, 0.25) is 0 Å². The highest BCUT2D eigenvalue weighted by Crippen LogP contribution is 2.27. The van der Waals surface area contributed by atoms with Gasteiger partial charge in [0.05, 0.1) is 11.6 Å². The number of H-pyrrole nitrogens is 1. The van der Waals surface area contributed by atoms with Crippen molar-refractivity contribution in [1.82, 2.24) is 15.2 Å². The van der Waals surface area contributed by atoms with Crippen LogP contribution in [0.2, 0.25) is 0 Å². The van der Waals surface area contributed by atoms with Crippen LogP contribution < -0.4 is 10.6 Å². The lowest BCUT2D eigenvalue weighted by Crippen LogP contribution is -2.33. The number of rotatable bonds is 5. The Labute approximate surface area is 175 Å². The molecule has 30 heavy (non-hydrogen) atoms. The summed E-state index contributed by atoms with van der Waals surface area (Å²) in [6.45, 7) is 3.91. The quantitative estimate of drug-likeness (QED) is 0.610. The monoisotopic (exact) mass is 399 g/mol. The van der Waals surface area contributed by atoms with Crippen molar-refractivity contribution < 1.29 is 4.79 Å². The summed E-state index contributed by atoms with van der Waals surface area (Å²) in [6.07, 6.45) is 5.39. The highest BCUT2D eigenvalue weighted by atomic mass is 16.2. The van der Waals surface area contributed by atoms with Crippen LogP contribution in [-0.2, 0) is 19.4 Å². The normalized spacial score (nSPS) is 18.6. The molecule has 0 radical (unpaired) electrons. The van der Waals surface area contributed by atoms with Gasteiger partial charge in [0.1, 0.15) is 0 Å². The average Bonchev–Trinajstić information content (AvgIpc) is 3.39. The second-order valence-electron chi connectivity index (χ2n) is 8.39. The zero-order valence-corrected chi connectivity index (χ0v) is 16.9. The third-order valence-corrected chi connectivity index (χ3v) is 6.35. The number of nitrogens with zero attached hydrogens (tertiary/aromatic N) is 2. The molecule has 0 spiro atoms. The van der Waals surface area contributed by atoms with E-state index in [4.69, 9.17) is 0 Å². The van der Waals surface area contributed by atoms with Crippen LogP contribution >= 0.6 is 0 Å². The molecule has 2 aliphatic rings. The van der Waals surface area contributed by atoms with Gasteiger partial charge in [0.25, 0.3) is 0 Å². The minimum atomic E-state index is -0.127. The van der Waals surface area contributed by atoms with E-state index >= 15 is 0 Å². The maximum atomic E-state index is 11.4. The summed E-state index contributed by atoms with van der Waals surface area (Å²) >= 11 is 0. The Morgan fingerprint density at radius 2 is 2.13 bits per heavy atom. The lowest BCUT2D eigenvalue weighted by atomic mass is 9.98. The highest BCUT2D eigenvalue weighted by molar-refractivity contribution is 5.92. The van der Waals surface area contributed by atoms with Crippen LogP contribution in [-0.4, -0.2) is 35.5 Å². The number of nitriles is 1. The second-order valence-corrected chi connectivity index (χ2v) is 8.39. The van der Waals surface area contributed by atoms with Gasteiger partial charge in [-0.3, -0.25) is 0 Å². The van der Waals surface area contributed by atoms with E-state index in [1.54, 1.807) is 0 Å². The van der Waals surface area contributed by atoms with Crippen molar-refractivity contribution in [3.8, 4) is 6.07 Å². The Morgan fingerprint density at radius 1 is 1.20 bits per heavy atom. The summed E-state index contributed by atoms with van der Waals surface area (Å²) in [5.41, 5.74) is 6.53. The molecule has 1 aromatic heterocycles. The summed E-state index contributed by atoms with van der Waals surface area (Å²) < 4.78 is 0. The third kappa shape index (κ3) is 3.77. The maximum Gasteiger partial charge on any atom is 0.319 e. The van der Waals surface area contributed by atoms with Gasteiger partial charge in [-0.25, -0.2) is 4.79 Å². The molecule has 0 aliphatic carbocycles. The molecule has 0 bridgehead atoms. The lowest BCUT2D eigenvalue weighted by molar-refractivity contribution is 0.251. The van der Waals surface area contributed by atoms with Gasteiger partial charge < -0.3 is 20.5 Å². The molecule has 1 atom stereocenters. The van der Waals surface area contributed by atoms with Gasteiger partial charge in [-0.05, 0) is 72.7 Å². The summed E-state index contributed by atoms with van der Waals surface area (Å²) in [6, 6.07) is 14.3. The molecule has 152 valence electrons. The first-order chi connectivity index (χ1) is 14.7. The standard InChI is InChI=1S/C24H25N5O/c25-12-17-2-4-23-21(11-17)19(13-26-23)10-18-6-8-29(15-18)7-5-16-1-3-22-20(9-16)14-27-24(30)28-22/h1-4,9,11,13,18,26H,5-8,10,14-15H2,(H2,27,28,30). The summed E-state index contributed by atoms with van der Waals surface area (Å²) in [5.74, 6) is 0.651. The largest absolute Gasteiger partial charge is 0.361 e. The summed E-state index contributed by atoms with van der Waals surface area (Å²) in [5, 5.41) is 16.0. The van der Waals surface area contributed by atoms with E-state index in [2.05, 4.69) is 44.9 Å². The van der Waals surface area contributed by atoms with Gasteiger partial charge in [-0.15, -0.1) is 0 Å². The molecule has 6 nitrogen and oxygen atoms in total. The number of aromatic nitrogens is 1. The van der Waals surface area contributed by atoms with Gasteiger partial charge in [0, 0.05) is 42.4 Å². The molecule has 1 unspecified atom stereocenters. The number of carbonyl (C=O) groups excluding carboxylic acids is 1. The van der Waals surface area contributed by atoms with Crippen LogP contribution in [0.3, 0.4) is 0 Å². The molecule has 2 amide bonds. The SMILES string of the molecule is N#Cc1ccc2[nH]cc(CC3CCN(CCc4ccc5c(c4)CNC(=O)N5)C3)c2c1. The van der Waals surface area contributed by atoms with Crippen molar-refractivity contribution in [3.05, 3.63) is 64.8 Å². The number of fused-ring (bicyclic) bond motifs is 2. The van der Waals surface area contributed by atoms with E-state index in [-0.39, 0.29) is 6.03 Å². The van der Waals surface area contributed by atoms with E-state index in [9.17, 15) is 10.1 Å². The van der Waals surface area contributed by atoms with Crippen molar-refractivity contribution >= 4 is 22.6 Å². The van der Waals surface area contributed by atoms with Crippen LogP contribution in [0.4, 0.5) is 10.5 Å². The molecular formula is C24H25N5O. The fourth-order valence-electron chi connectivity index (χ4n) is 4.71. The van der Waals surface area contributed by atoms with Crippen LogP contribution in [0.15, 0.2) is 42.6 Å². The molecule has 1 saturated heterocycles. The Morgan fingerprint density at radius 3 is 3.03 bits per heavy atom. The zero-order chi connectivity index (χ0) is 20.5. The van der Waals surface area contributed by atoms with Crippen molar-refractivity contribution in [2.24, 2.45) is 5.92 Å². The zero-order valence-electron chi connectivity index (χ0n) is 16.9. The minimum Gasteiger partial charge on any atom is -0.361 e. The number of hydrogen-bond donors (Lipinski definition) is 3. The predicted octanol–water partition coefficient (Wildman–Crippen LogP) is 3.78. The smallest absolute Gasteiger partial charge is 0.319 e. The van der Waals surface area contributed by atoms with Crippen molar-refractivity contribution in [1.29, 1.82) is 5.26 Å². The predicted molar refractivity (Wildman–Crippen MR) is 117 cm³/mol. The summed E-state index contributed by atoms with van der Waals surface area (Å²) in [4.78, 5) is 17.3. The molecule has 6 heteroatoms. The van der Waals surface area contributed by atoms with Crippen LogP contribution in [0.1, 0.15) is 28.7 Å². The minimum absolute atomic E-state index is 0.127. The van der Waals surface area contributed by atoms with Crippen LogP contribution in [0, 0.1) is 17.2 Å². The first-order valence-corrected chi connectivity index (χ1v) is 10.6. The molecule has 0 saturated carbocycles. The number of anilines is 1. The van der Waals surface area contributed by atoms with Crippen molar-refractivity contribution in [2.45, 2.75) is 25.8 Å².